The van der Waals surface area contributed by atoms with Crippen molar-refractivity contribution in [2.45, 2.75) is 37.7 Å². The van der Waals surface area contributed by atoms with E-state index in [0.29, 0.717) is 12.5 Å². The van der Waals surface area contributed by atoms with E-state index >= 15 is 0 Å². The number of fused-ring (bicyclic) bond motifs is 1. The van der Waals surface area contributed by atoms with Crippen molar-refractivity contribution in [3.05, 3.63) is 34.9 Å². The topological polar surface area (TPSA) is 46.2 Å². The van der Waals surface area contributed by atoms with Crippen LogP contribution in [0.4, 0.5) is 0 Å². The summed E-state index contributed by atoms with van der Waals surface area (Å²) in [6, 6.07) is 7.77. The highest BCUT2D eigenvalue weighted by atomic mass is 35.5. The van der Waals surface area contributed by atoms with Gasteiger partial charge < -0.3 is 10.8 Å². The first-order valence-corrected chi connectivity index (χ1v) is 7.73. The summed E-state index contributed by atoms with van der Waals surface area (Å²) in [5.41, 5.74) is 6.98. The molecule has 0 bridgehead atoms. The van der Waals surface area contributed by atoms with E-state index < -0.39 is 0 Å². The lowest BCUT2D eigenvalue weighted by Gasteiger charge is -2.22. The molecule has 2 fully saturated rings. The lowest BCUT2D eigenvalue weighted by Crippen LogP contribution is -2.28. The van der Waals surface area contributed by atoms with Crippen LogP contribution in [-0.4, -0.2) is 17.8 Å². The van der Waals surface area contributed by atoms with Gasteiger partial charge in [0.2, 0.25) is 0 Å². The molecule has 0 spiro atoms. The fourth-order valence-corrected chi connectivity index (χ4v) is 4.23. The quantitative estimate of drug-likeness (QED) is 0.889. The van der Waals surface area contributed by atoms with E-state index in [0.717, 1.165) is 22.4 Å². The molecule has 0 saturated heterocycles. The Labute approximate surface area is 120 Å². The highest BCUT2D eigenvalue weighted by Gasteiger charge is 2.55. The molecular formula is C16H22ClNO. The zero-order valence-corrected chi connectivity index (χ0v) is 11.9. The minimum Gasteiger partial charge on any atom is -0.392 e. The molecule has 3 N–H and O–H groups in total. The summed E-state index contributed by atoms with van der Waals surface area (Å²) < 4.78 is 0. The summed E-state index contributed by atoms with van der Waals surface area (Å²) in [4.78, 5) is 0. The Balaban J connectivity index is 1.75. The van der Waals surface area contributed by atoms with Crippen LogP contribution in [0, 0.1) is 17.8 Å². The summed E-state index contributed by atoms with van der Waals surface area (Å²) in [5.74, 6) is 1.98. The highest BCUT2D eigenvalue weighted by Crippen LogP contribution is 2.58. The summed E-state index contributed by atoms with van der Waals surface area (Å²) in [5, 5.41) is 11.4. The van der Waals surface area contributed by atoms with Crippen molar-refractivity contribution in [3.63, 3.8) is 0 Å². The van der Waals surface area contributed by atoms with Crippen LogP contribution in [0.1, 0.15) is 37.2 Å². The third kappa shape index (κ3) is 2.54. The molecule has 1 aromatic rings. The fourth-order valence-electron chi connectivity index (χ4n) is 4.03. The number of hydrogen-bond donors (Lipinski definition) is 2. The van der Waals surface area contributed by atoms with Gasteiger partial charge in [0.25, 0.3) is 0 Å². The van der Waals surface area contributed by atoms with Gasteiger partial charge in [-0.1, -0.05) is 36.6 Å². The second-order valence-corrected chi connectivity index (χ2v) is 6.51. The van der Waals surface area contributed by atoms with E-state index in [2.05, 4.69) is 0 Å². The average Bonchev–Trinajstić information content (AvgIpc) is 3.13. The zero-order valence-electron chi connectivity index (χ0n) is 11.1. The minimum atomic E-state index is -0.309. The normalized spacial score (nSPS) is 32.5. The molecule has 3 rings (SSSR count). The van der Waals surface area contributed by atoms with Gasteiger partial charge in [0.05, 0.1) is 6.10 Å². The zero-order chi connectivity index (χ0) is 13.4. The highest BCUT2D eigenvalue weighted by molar-refractivity contribution is 6.30. The van der Waals surface area contributed by atoms with Gasteiger partial charge in [0.15, 0.2) is 0 Å². The molecule has 3 heteroatoms. The maximum Gasteiger partial charge on any atom is 0.0654 e. The molecule has 4 unspecified atom stereocenters. The number of aliphatic hydroxyl groups excluding tert-OH is 1. The molecule has 19 heavy (non-hydrogen) atoms. The summed E-state index contributed by atoms with van der Waals surface area (Å²) in [6.45, 7) is 0.484. The first kappa shape index (κ1) is 13.4. The summed E-state index contributed by atoms with van der Waals surface area (Å²) in [6.07, 6.45) is 4.93. The van der Waals surface area contributed by atoms with Gasteiger partial charge in [0, 0.05) is 17.5 Å². The van der Waals surface area contributed by atoms with Gasteiger partial charge in [-0.15, -0.1) is 0 Å². The molecule has 2 saturated carbocycles. The number of halogens is 1. The molecule has 4 atom stereocenters. The predicted molar refractivity (Wildman–Crippen MR) is 78.2 cm³/mol. The SMILES string of the molecule is NCC(c1cccc(Cl)c1)C(O)C1C2CCCCC21. The van der Waals surface area contributed by atoms with E-state index in [1.807, 2.05) is 24.3 Å². The molecule has 0 aromatic heterocycles. The Kier molecular flexibility index (Phi) is 3.84. The Morgan fingerprint density at radius 2 is 1.95 bits per heavy atom. The average molecular weight is 280 g/mol. The van der Waals surface area contributed by atoms with Crippen molar-refractivity contribution < 1.29 is 5.11 Å². The third-order valence-corrected chi connectivity index (χ3v) is 5.30. The van der Waals surface area contributed by atoms with Gasteiger partial charge in [-0.05, 0) is 48.3 Å². The maximum atomic E-state index is 10.7. The molecule has 0 aliphatic heterocycles. The molecular weight excluding hydrogens is 258 g/mol. The first-order chi connectivity index (χ1) is 9.22. The van der Waals surface area contributed by atoms with Crippen LogP contribution < -0.4 is 5.73 Å². The van der Waals surface area contributed by atoms with Crippen LogP contribution in [0.15, 0.2) is 24.3 Å². The fraction of sp³-hybridized carbons (Fsp3) is 0.625. The predicted octanol–water partition coefficient (Wildman–Crippen LogP) is 3.18. The van der Waals surface area contributed by atoms with E-state index in [1.54, 1.807) is 0 Å². The molecule has 0 radical (unpaired) electrons. The van der Waals surface area contributed by atoms with Crippen LogP contribution in [0.5, 0.6) is 0 Å². The summed E-state index contributed by atoms with van der Waals surface area (Å²) >= 11 is 6.05. The van der Waals surface area contributed by atoms with Crippen LogP contribution in [0.3, 0.4) is 0 Å². The van der Waals surface area contributed by atoms with E-state index in [4.69, 9.17) is 17.3 Å². The standard InChI is InChI=1S/C16H22ClNO/c17-11-5-3-4-10(8-11)14(9-18)16(19)15-12-6-1-2-7-13(12)15/h3-5,8,12-16,19H,1-2,6-7,9,18H2. The van der Waals surface area contributed by atoms with Gasteiger partial charge in [-0.3, -0.25) is 0 Å². The largest absolute Gasteiger partial charge is 0.392 e. The molecule has 104 valence electrons. The van der Waals surface area contributed by atoms with Crippen LogP contribution >= 0.6 is 11.6 Å². The third-order valence-electron chi connectivity index (χ3n) is 5.06. The van der Waals surface area contributed by atoms with Crippen LogP contribution in [0.25, 0.3) is 0 Å². The number of rotatable bonds is 4. The van der Waals surface area contributed by atoms with Gasteiger partial charge >= 0.3 is 0 Å². The van der Waals surface area contributed by atoms with Crippen molar-refractivity contribution in [3.8, 4) is 0 Å². The number of nitrogens with two attached hydrogens (primary N) is 1. The van der Waals surface area contributed by atoms with Crippen molar-refractivity contribution in [2.24, 2.45) is 23.5 Å². The number of aliphatic hydroxyl groups is 1. The second kappa shape index (κ2) is 5.43. The van der Waals surface area contributed by atoms with E-state index in [9.17, 15) is 5.11 Å². The molecule has 0 heterocycles. The minimum absolute atomic E-state index is 0.0225. The van der Waals surface area contributed by atoms with Crippen LogP contribution in [0.2, 0.25) is 5.02 Å². The van der Waals surface area contributed by atoms with Gasteiger partial charge in [-0.2, -0.15) is 0 Å². The Bertz CT molecular complexity index is 438. The molecule has 2 nitrogen and oxygen atoms in total. The van der Waals surface area contributed by atoms with Crippen molar-refractivity contribution in [1.29, 1.82) is 0 Å². The maximum absolute atomic E-state index is 10.7. The number of benzene rings is 1. The Morgan fingerprint density at radius 3 is 2.53 bits per heavy atom. The molecule has 1 aromatic carbocycles. The number of hydrogen-bond acceptors (Lipinski definition) is 2. The van der Waals surface area contributed by atoms with Crippen molar-refractivity contribution >= 4 is 11.6 Å². The first-order valence-electron chi connectivity index (χ1n) is 7.36. The molecule has 2 aliphatic carbocycles. The lowest BCUT2D eigenvalue weighted by atomic mass is 9.89. The van der Waals surface area contributed by atoms with Crippen LogP contribution in [-0.2, 0) is 0 Å². The smallest absolute Gasteiger partial charge is 0.0654 e. The van der Waals surface area contributed by atoms with E-state index in [-0.39, 0.29) is 12.0 Å². The Morgan fingerprint density at radius 1 is 1.26 bits per heavy atom. The second-order valence-electron chi connectivity index (χ2n) is 6.08. The van der Waals surface area contributed by atoms with Gasteiger partial charge in [0.1, 0.15) is 0 Å². The Hall–Kier alpha value is -0.570. The monoisotopic (exact) mass is 279 g/mol. The summed E-state index contributed by atoms with van der Waals surface area (Å²) in [7, 11) is 0. The van der Waals surface area contributed by atoms with Crippen molar-refractivity contribution in [2.75, 3.05) is 6.54 Å². The van der Waals surface area contributed by atoms with Crippen molar-refractivity contribution in [1.82, 2.24) is 0 Å². The van der Waals surface area contributed by atoms with Gasteiger partial charge in [-0.25, -0.2) is 0 Å². The lowest BCUT2D eigenvalue weighted by molar-refractivity contribution is 0.112. The molecule has 2 aliphatic rings. The molecule has 0 amide bonds. The van der Waals surface area contributed by atoms with E-state index in [1.165, 1.54) is 25.7 Å².